The zero-order valence-electron chi connectivity index (χ0n) is 18.0. The molecule has 2 aromatic carbocycles. The topological polar surface area (TPSA) is 86.4 Å². The number of hydrogen-bond acceptors (Lipinski definition) is 6. The molecule has 0 aliphatic carbocycles. The lowest BCUT2D eigenvalue weighted by Crippen LogP contribution is -2.27. The molecule has 0 saturated heterocycles. The van der Waals surface area contributed by atoms with Gasteiger partial charge in [0.15, 0.2) is 5.16 Å². The fourth-order valence-corrected chi connectivity index (χ4v) is 4.21. The highest BCUT2D eigenvalue weighted by molar-refractivity contribution is 8.00. The Morgan fingerprint density at radius 2 is 2.03 bits per heavy atom. The number of furan rings is 1. The van der Waals surface area contributed by atoms with Crippen LogP contribution in [0.5, 0.6) is 5.75 Å². The number of rotatable bonds is 7. The van der Waals surface area contributed by atoms with Gasteiger partial charge in [-0.15, -0.1) is 0 Å². The Kier molecular flexibility index (Phi) is 6.32. The second-order valence-corrected chi connectivity index (χ2v) is 8.64. The molecule has 4 rings (SSSR count). The first-order valence-electron chi connectivity index (χ1n) is 10.1. The number of carbonyl (C=O) groups is 1. The van der Waals surface area contributed by atoms with Crippen LogP contribution in [-0.2, 0) is 11.3 Å². The molecule has 164 valence electrons. The highest BCUT2D eigenvalue weighted by atomic mass is 32.2. The van der Waals surface area contributed by atoms with E-state index in [1.807, 2.05) is 31.2 Å². The zero-order chi connectivity index (χ0) is 22.7. The van der Waals surface area contributed by atoms with Crippen LogP contribution in [0.1, 0.15) is 18.2 Å². The highest BCUT2D eigenvalue weighted by Gasteiger charge is 2.21. The Bertz CT molecular complexity index is 1310. The van der Waals surface area contributed by atoms with Crippen LogP contribution < -0.4 is 15.6 Å². The molecule has 0 aliphatic rings. The summed E-state index contributed by atoms with van der Waals surface area (Å²) in [5, 5.41) is 3.37. The van der Waals surface area contributed by atoms with E-state index in [0.717, 1.165) is 5.56 Å². The van der Waals surface area contributed by atoms with Crippen LogP contribution in [0.2, 0.25) is 0 Å². The van der Waals surface area contributed by atoms with Gasteiger partial charge in [0.2, 0.25) is 5.91 Å². The van der Waals surface area contributed by atoms with Crippen molar-refractivity contribution in [3.8, 4) is 5.75 Å². The van der Waals surface area contributed by atoms with Gasteiger partial charge >= 0.3 is 0 Å². The summed E-state index contributed by atoms with van der Waals surface area (Å²) >= 11 is 1.22. The molecule has 0 radical (unpaired) electrons. The standard InChI is InChI=1S/C24H23N3O4S/c1-15-10-11-21(30-3)20(13-15)25-22(28)16(2)32-24-26-19-9-5-4-8-18(19)23(29)27(24)14-17-7-6-12-31-17/h4-13,16H,14H2,1-3H3,(H,25,28). The Morgan fingerprint density at radius 3 is 2.78 bits per heavy atom. The summed E-state index contributed by atoms with van der Waals surface area (Å²) in [5.74, 6) is 0.998. The van der Waals surface area contributed by atoms with Crippen LogP contribution in [0.3, 0.4) is 0 Å². The maximum atomic E-state index is 13.2. The summed E-state index contributed by atoms with van der Waals surface area (Å²) in [6, 6.07) is 16.3. The number of aromatic nitrogens is 2. The molecule has 0 bridgehead atoms. The molecule has 1 unspecified atom stereocenters. The molecule has 0 fully saturated rings. The van der Waals surface area contributed by atoms with Gasteiger partial charge < -0.3 is 14.5 Å². The van der Waals surface area contributed by atoms with Crippen molar-refractivity contribution in [1.82, 2.24) is 9.55 Å². The number of fused-ring (bicyclic) bond motifs is 1. The molecular formula is C24H23N3O4S. The number of anilines is 1. The van der Waals surface area contributed by atoms with E-state index in [9.17, 15) is 9.59 Å². The fraction of sp³-hybridized carbons (Fsp3) is 0.208. The highest BCUT2D eigenvalue weighted by Crippen LogP contribution is 2.28. The predicted octanol–water partition coefficient (Wildman–Crippen LogP) is 4.47. The number of para-hydroxylation sites is 1. The summed E-state index contributed by atoms with van der Waals surface area (Å²) < 4.78 is 12.3. The van der Waals surface area contributed by atoms with Gasteiger partial charge in [-0.2, -0.15) is 0 Å². The van der Waals surface area contributed by atoms with E-state index in [2.05, 4.69) is 10.3 Å². The number of methoxy groups -OCH3 is 1. The van der Waals surface area contributed by atoms with Crippen molar-refractivity contribution < 1.29 is 13.9 Å². The first-order chi connectivity index (χ1) is 15.5. The Hall–Kier alpha value is -3.52. The third kappa shape index (κ3) is 4.55. The lowest BCUT2D eigenvalue weighted by atomic mass is 10.2. The summed E-state index contributed by atoms with van der Waals surface area (Å²) in [6.07, 6.45) is 1.56. The minimum atomic E-state index is -0.517. The molecule has 2 heterocycles. The van der Waals surface area contributed by atoms with Gasteiger partial charge in [0.25, 0.3) is 5.56 Å². The number of aryl methyl sites for hydroxylation is 1. The van der Waals surface area contributed by atoms with Crippen LogP contribution in [0.4, 0.5) is 5.69 Å². The molecule has 0 saturated carbocycles. The summed E-state index contributed by atoms with van der Waals surface area (Å²) in [6.45, 7) is 3.95. The van der Waals surface area contributed by atoms with Gasteiger partial charge in [-0.05, 0) is 55.8 Å². The Labute approximate surface area is 189 Å². The van der Waals surface area contributed by atoms with Crippen LogP contribution >= 0.6 is 11.8 Å². The summed E-state index contributed by atoms with van der Waals surface area (Å²) in [5.41, 5.74) is 2.01. The summed E-state index contributed by atoms with van der Waals surface area (Å²) in [4.78, 5) is 30.8. The molecule has 4 aromatic rings. The minimum Gasteiger partial charge on any atom is -0.495 e. The van der Waals surface area contributed by atoms with Gasteiger partial charge in [0.05, 0.1) is 41.8 Å². The second kappa shape index (κ2) is 9.32. The Morgan fingerprint density at radius 1 is 1.22 bits per heavy atom. The van der Waals surface area contributed by atoms with Crippen molar-refractivity contribution in [3.05, 3.63) is 82.5 Å². The minimum absolute atomic E-state index is 0.178. The van der Waals surface area contributed by atoms with Crippen molar-refractivity contribution in [3.63, 3.8) is 0 Å². The van der Waals surface area contributed by atoms with Crippen molar-refractivity contribution in [2.24, 2.45) is 0 Å². The number of nitrogens with one attached hydrogen (secondary N) is 1. The Balaban J connectivity index is 1.65. The van der Waals surface area contributed by atoms with E-state index < -0.39 is 5.25 Å². The first-order valence-corrected chi connectivity index (χ1v) is 11.0. The predicted molar refractivity (Wildman–Crippen MR) is 125 cm³/mol. The van der Waals surface area contributed by atoms with E-state index >= 15 is 0 Å². The summed E-state index contributed by atoms with van der Waals surface area (Å²) in [7, 11) is 1.56. The second-order valence-electron chi connectivity index (χ2n) is 7.34. The van der Waals surface area contributed by atoms with Crippen molar-refractivity contribution in [1.29, 1.82) is 0 Å². The zero-order valence-corrected chi connectivity index (χ0v) is 18.8. The van der Waals surface area contributed by atoms with Gasteiger partial charge in [-0.3, -0.25) is 14.2 Å². The van der Waals surface area contributed by atoms with Crippen molar-refractivity contribution >= 4 is 34.3 Å². The van der Waals surface area contributed by atoms with Crippen LogP contribution in [0.25, 0.3) is 10.9 Å². The van der Waals surface area contributed by atoms with Crippen LogP contribution in [-0.4, -0.2) is 27.8 Å². The van der Waals surface area contributed by atoms with E-state index in [1.54, 1.807) is 55.2 Å². The normalized spacial score (nSPS) is 12.0. The fourth-order valence-electron chi connectivity index (χ4n) is 3.30. The SMILES string of the molecule is COc1ccc(C)cc1NC(=O)C(C)Sc1nc2ccccc2c(=O)n1Cc1ccco1. The number of hydrogen-bond donors (Lipinski definition) is 1. The molecule has 0 spiro atoms. The molecule has 7 nitrogen and oxygen atoms in total. The number of thioether (sulfide) groups is 1. The molecule has 2 aromatic heterocycles. The van der Waals surface area contributed by atoms with E-state index in [-0.39, 0.29) is 18.0 Å². The van der Waals surface area contributed by atoms with Crippen molar-refractivity contribution in [2.75, 3.05) is 12.4 Å². The molecule has 1 N–H and O–H groups in total. The van der Waals surface area contributed by atoms with Gasteiger partial charge in [-0.1, -0.05) is 30.0 Å². The van der Waals surface area contributed by atoms with Gasteiger partial charge in [0, 0.05) is 0 Å². The third-order valence-corrected chi connectivity index (χ3v) is 6.08. The van der Waals surface area contributed by atoms with E-state index in [1.165, 1.54) is 11.8 Å². The monoisotopic (exact) mass is 449 g/mol. The maximum Gasteiger partial charge on any atom is 0.262 e. The number of carbonyl (C=O) groups excluding carboxylic acids is 1. The van der Waals surface area contributed by atoms with Gasteiger partial charge in [-0.25, -0.2) is 4.98 Å². The lowest BCUT2D eigenvalue weighted by Gasteiger charge is -2.17. The average Bonchev–Trinajstić information content (AvgIpc) is 3.30. The van der Waals surface area contributed by atoms with E-state index in [4.69, 9.17) is 9.15 Å². The van der Waals surface area contributed by atoms with Crippen molar-refractivity contribution in [2.45, 2.75) is 30.8 Å². The van der Waals surface area contributed by atoms with E-state index in [0.29, 0.717) is 33.3 Å². The molecule has 0 aliphatic heterocycles. The number of ether oxygens (including phenoxy) is 1. The first kappa shape index (κ1) is 21.7. The van der Waals surface area contributed by atoms with Crippen LogP contribution in [0, 0.1) is 6.92 Å². The molecule has 8 heteroatoms. The molecule has 1 atom stereocenters. The lowest BCUT2D eigenvalue weighted by molar-refractivity contribution is -0.115. The number of nitrogens with zero attached hydrogens (tertiary/aromatic N) is 2. The molecule has 32 heavy (non-hydrogen) atoms. The third-order valence-electron chi connectivity index (χ3n) is 4.98. The smallest absolute Gasteiger partial charge is 0.262 e. The van der Waals surface area contributed by atoms with Crippen LogP contribution in [0.15, 0.2) is 75.2 Å². The molecular weight excluding hydrogens is 426 g/mol. The quantitative estimate of drug-likeness (QED) is 0.331. The largest absolute Gasteiger partial charge is 0.495 e. The van der Waals surface area contributed by atoms with Gasteiger partial charge in [0.1, 0.15) is 11.5 Å². The number of amides is 1. The molecule has 1 amide bonds. The maximum absolute atomic E-state index is 13.2. The average molecular weight is 450 g/mol. The number of benzene rings is 2.